The van der Waals surface area contributed by atoms with E-state index in [1.54, 1.807) is 6.07 Å². The Bertz CT molecular complexity index is 1030. The van der Waals surface area contributed by atoms with Crippen molar-refractivity contribution in [3.05, 3.63) is 41.1 Å². The number of H-pyrrole nitrogens is 1. The van der Waals surface area contributed by atoms with Crippen LogP contribution in [0.4, 0.5) is 16.3 Å². The first-order chi connectivity index (χ1) is 16.2. The van der Waals surface area contributed by atoms with Crippen LogP contribution in [0, 0.1) is 0 Å². The molecule has 0 radical (unpaired) electrons. The minimum Gasteiger partial charge on any atom is -0.444 e. The van der Waals surface area contributed by atoms with Crippen LogP contribution in [0.15, 0.2) is 24.3 Å². The fraction of sp³-hybridized carbons (Fsp3) is 0.560. The second kappa shape index (κ2) is 9.76. The monoisotopic (exact) mass is 469 g/mol. The van der Waals surface area contributed by atoms with E-state index < -0.39 is 0 Å². The molecule has 2 aromatic rings. The molecule has 0 unspecified atom stereocenters. The van der Waals surface area contributed by atoms with E-state index in [2.05, 4.69) is 34.7 Å². The fourth-order valence-corrected chi connectivity index (χ4v) is 4.78. The Balaban J connectivity index is 1.38. The number of carbonyl (C=O) groups is 2. The van der Waals surface area contributed by atoms with E-state index in [-0.39, 0.29) is 35.9 Å². The number of aldehydes is 1. The van der Waals surface area contributed by atoms with Crippen LogP contribution in [0.25, 0.3) is 0 Å². The molecule has 9 heteroatoms. The Hall–Kier alpha value is -2.91. The molecular weight excluding hydrogens is 434 g/mol. The molecule has 1 aromatic carbocycles. The molecule has 9 nitrogen and oxygen atoms in total. The predicted molar refractivity (Wildman–Crippen MR) is 129 cm³/mol. The number of nitrogens with one attached hydrogen (secondary N) is 3. The molecule has 2 aliphatic rings. The molecule has 0 aliphatic carbocycles. The molecule has 0 bridgehead atoms. The third-order valence-electron chi connectivity index (χ3n) is 7.09. The maximum Gasteiger partial charge on any atom is 0.410 e. The molecule has 1 amide bonds. The molecule has 0 saturated carbocycles. The predicted octanol–water partition coefficient (Wildman–Crippen LogP) is 4.26. The van der Waals surface area contributed by atoms with E-state index in [0.29, 0.717) is 24.4 Å². The highest BCUT2D eigenvalue weighted by atomic mass is 16.6. The number of aromatic nitrogens is 2. The van der Waals surface area contributed by atoms with Crippen LogP contribution >= 0.6 is 0 Å². The molecule has 184 valence electrons. The van der Waals surface area contributed by atoms with Crippen molar-refractivity contribution in [2.45, 2.75) is 76.8 Å². The topological polar surface area (TPSA) is 109 Å². The quantitative estimate of drug-likeness (QED) is 0.520. The molecule has 3 heterocycles. The van der Waals surface area contributed by atoms with Gasteiger partial charge in [-0.2, -0.15) is 5.10 Å². The number of nitrogens with zero attached hydrogens (tertiary/aromatic N) is 2. The number of aromatic amines is 1. The van der Waals surface area contributed by atoms with E-state index in [9.17, 15) is 9.59 Å². The summed E-state index contributed by atoms with van der Waals surface area (Å²) in [6.45, 7) is 8.54. The summed E-state index contributed by atoms with van der Waals surface area (Å²) in [6, 6.07) is 7.93. The van der Waals surface area contributed by atoms with Gasteiger partial charge in [-0.05, 0) is 71.3 Å². The average Bonchev–Trinajstić information content (AvgIpc) is 3.54. The van der Waals surface area contributed by atoms with Gasteiger partial charge in [-0.3, -0.25) is 9.89 Å². The second-order valence-corrected chi connectivity index (χ2v) is 9.87. The largest absolute Gasteiger partial charge is 0.444 e. The third kappa shape index (κ3) is 4.95. The summed E-state index contributed by atoms with van der Waals surface area (Å²) < 4.78 is 11.6. The summed E-state index contributed by atoms with van der Waals surface area (Å²) in [6.07, 6.45) is 2.73. The first kappa shape index (κ1) is 24.2. The van der Waals surface area contributed by atoms with Crippen LogP contribution < -0.4 is 10.6 Å². The minimum absolute atomic E-state index is 0.210. The SMILES string of the molecule is CNC(C)(C)c1cc(Nc2cc([C@H]3C[C@@H](OC(=O)N4[C@@H](C)CC[C@@H]4C)CO3)[nH]n2)ccc1C=O. The highest BCUT2D eigenvalue weighted by Gasteiger charge is 2.36. The van der Waals surface area contributed by atoms with Gasteiger partial charge in [0.25, 0.3) is 0 Å². The Morgan fingerprint density at radius 2 is 2.00 bits per heavy atom. The van der Waals surface area contributed by atoms with Gasteiger partial charge in [-0.1, -0.05) is 0 Å². The number of likely N-dealkylation sites (tertiary alicyclic amines) is 1. The summed E-state index contributed by atoms with van der Waals surface area (Å²) in [7, 11) is 1.87. The van der Waals surface area contributed by atoms with Crippen LogP contribution in [0.1, 0.15) is 74.7 Å². The van der Waals surface area contributed by atoms with Crippen molar-refractivity contribution in [3.63, 3.8) is 0 Å². The second-order valence-electron chi connectivity index (χ2n) is 9.87. The van der Waals surface area contributed by atoms with Gasteiger partial charge in [0.05, 0.1) is 12.3 Å². The Morgan fingerprint density at radius 3 is 2.68 bits per heavy atom. The van der Waals surface area contributed by atoms with Crippen LogP contribution in [0.3, 0.4) is 0 Å². The van der Waals surface area contributed by atoms with Crippen molar-refractivity contribution in [1.82, 2.24) is 20.4 Å². The van der Waals surface area contributed by atoms with Crippen molar-refractivity contribution >= 4 is 23.9 Å². The first-order valence-electron chi connectivity index (χ1n) is 11.9. The lowest BCUT2D eigenvalue weighted by Gasteiger charge is -2.26. The Labute approximate surface area is 200 Å². The van der Waals surface area contributed by atoms with Gasteiger partial charge in [0.15, 0.2) is 5.82 Å². The number of hydrogen-bond donors (Lipinski definition) is 3. The zero-order chi connectivity index (χ0) is 24.5. The molecule has 1 aromatic heterocycles. The lowest BCUT2D eigenvalue weighted by molar-refractivity contribution is 0.0416. The average molecular weight is 470 g/mol. The van der Waals surface area contributed by atoms with Gasteiger partial charge in [-0.15, -0.1) is 0 Å². The van der Waals surface area contributed by atoms with Crippen LogP contribution in [0.5, 0.6) is 0 Å². The van der Waals surface area contributed by atoms with Crippen molar-refractivity contribution < 1.29 is 19.1 Å². The standard InChI is InChI=1S/C25H35N5O4/c1-15-6-7-16(2)30(15)24(32)34-19-11-22(33-14-19)21-12-23(29-28-21)27-18-9-8-17(13-31)20(10-18)25(3,4)26-5/h8-10,12-13,15-16,19,22,26H,6-7,11,14H2,1-5H3,(H2,27,28,29)/t15-,16-,19+,22+/m0/s1. The zero-order valence-corrected chi connectivity index (χ0v) is 20.6. The van der Waals surface area contributed by atoms with Gasteiger partial charge in [0.1, 0.15) is 18.5 Å². The van der Waals surface area contributed by atoms with Gasteiger partial charge < -0.3 is 25.0 Å². The van der Waals surface area contributed by atoms with E-state index in [1.807, 2.05) is 44.0 Å². The van der Waals surface area contributed by atoms with Gasteiger partial charge in [0.2, 0.25) is 0 Å². The van der Waals surface area contributed by atoms with Crippen LogP contribution in [-0.2, 0) is 15.0 Å². The van der Waals surface area contributed by atoms with Gasteiger partial charge in [-0.25, -0.2) is 4.79 Å². The van der Waals surface area contributed by atoms with Crippen molar-refractivity contribution in [2.75, 3.05) is 19.0 Å². The van der Waals surface area contributed by atoms with Gasteiger partial charge in [0, 0.05) is 41.4 Å². The zero-order valence-electron chi connectivity index (χ0n) is 20.6. The lowest BCUT2D eigenvalue weighted by Crippen LogP contribution is -2.40. The number of rotatable bonds is 7. The molecule has 2 saturated heterocycles. The summed E-state index contributed by atoms with van der Waals surface area (Å²) in [5.74, 6) is 0.644. The molecule has 0 spiro atoms. The maximum atomic E-state index is 12.6. The van der Waals surface area contributed by atoms with Crippen molar-refractivity contribution in [1.29, 1.82) is 0 Å². The third-order valence-corrected chi connectivity index (χ3v) is 7.09. The highest BCUT2D eigenvalue weighted by molar-refractivity contribution is 5.80. The van der Waals surface area contributed by atoms with Crippen LogP contribution in [-0.4, -0.2) is 59.3 Å². The van der Waals surface area contributed by atoms with E-state index in [1.165, 1.54) is 0 Å². The number of amides is 1. The Morgan fingerprint density at radius 1 is 1.26 bits per heavy atom. The molecule has 4 rings (SSSR count). The van der Waals surface area contributed by atoms with Gasteiger partial charge >= 0.3 is 6.09 Å². The highest BCUT2D eigenvalue weighted by Crippen LogP contribution is 2.33. The number of hydrogen-bond acceptors (Lipinski definition) is 7. The summed E-state index contributed by atoms with van der Waals surface area (Å²) >= 11 is 0. The molecule has 4 atom stereocenters. The number of ether oxygens (including phenoxy) is 2. The van der Waals surface area contributed by atoms with Crippen LogP contribution in [0.2, 0.25) is 0 Å². The summed E-state index contributed by atoms with van der Waals surface area (Å²) in [5.41, 5.74) is 2.83. The summed E-state index contributed by atoms with van der Waals surface area (Å²) in [4.78, 5) is 26.0. The van der Waals surface area contributed by atoms with Crippen molar-refractivity contribution in [3.8, 4) is 0 Å². The van der Waals surface area contributed by atoms with Crippen molar-refractivity contribution in [2.24, 2.45) is 0 Å². The fourth-order valence-electron chi connectivity index (χ4n) is 4.78. The number of carbonyl (C=O) groups excluding carboxylic acids is 2. The van der Waals surface area contributed by atoms with E-state index >= 15 is 0 Å². The first-order valence-corrected chi connectivity index (χ1v) is 11.9. The molecule has 34 heavy (non-hydrogen) atoms. The molecule has 2 fully saturated rings. The molecular formula is C25H35N5O4. The smallest absolute Gasteiger partial charge is 0.410 e. The number of anilines is 2. The Kier molecular flexibility index (Phi) is 6.95. The van der Waals surface area contributed by atoms with E-state index in [0.717, 1.165) is 36.1 Å². The maximum absolute atomic E-state index is 12.6. The number of benzene rings is 1. The summed E-state index contributed by atoms with van der Waals surface area (Å²) in [5, 5.41) is 13.9. The minimum atomic E-state index is -0.362. The molecule has 3 N–H and O–H groups in total. The molecule has 2 aliphatic heterocycles. The normalized spacial score (nSPS) is 24.9. The lowest BCUT2D eigenvalue weighted by atomic mass is 9.90. The van der Waals surface area contributed by atoms with E-state index in [4.69, 9.17) is 9.47 Å².